The van der Waals surface area contributed by atoms with Crippen molar-refractivity contribution in [2.45, 2.75) is 32.1 Å². The van der Waals surface area contributed by atoms with Gasteiger partial charge >= 0.3 is 0 Å². The Bertz CT molecular complexity index is 1170. The van der Waals surface area contributed by atoms with E-state index in [2.05, 4.69) is 15.3 Å². The molecule has 0 fully saturated rings. The first-order valence-electron chi connectivity index (χ1n) is 10.4. The Balaban J connectivity index is 1.50. The lowest BCUT2D eigenvalue weighted by Crippen LogP contribution is -2.01. The van der Waals surface area contributed by atoms with Crippen molar-refractivity contribution in [2.75, 3.05) is 19.0 Å². The van der Waals surface area contributed by atoms with E-state index in [9.17, 15) is 4.79 Å². The molecule has 0 radical (unpaired) electrons. The number of aldehydes is 1. The fourth-order valence-electron chi connectivity index (χ4n) is 3.48. The molecule has 31 heavy (non-hydrogen) atoms. The van der Waals surface area contributed by atoms with Crippen LogP contribution in [-0.2, 0) is 4.79 Å². The summed E-state index contributed by atoms with van der Waals surface area (Å²) in [6, 6.07) is 11.6. The molecular formula is C24H25N3O4. The smallest absolute Gasteiger partial charge is 0.163 e. The molecule has 0 spiro atoms. The predicted octanol–water partition coefficient (Wildman–Crippen LogP) is 5.66. The Morgan fingerprint density at radius 1 is 1.03 bits per heavy atom. The predicted molar refractivity (Wildman–Crippen MR) is 120 cm³/mol. The minimum atomic E-state index is 0.587. The first kappa shape index (κ1) is 20.7. The molecule has 2 heterocycles. The zero-order chi connectivity index (χ0) is 21.5. The topological polar surface area (TPSA) is 86.5 Å². The highest BCUT2D eigenvalue weighted by atomic mass is 16.5. The Morgan fingerprint density at radius 2 is 1.94 bits per heavy atom. The first-order valence-corrected chi connectivity index (χ1v) is 10.4. The third-order valence-electron chi connectivity index (χ3n) is 5.11. The summed E-state index contributed by atoms with van der Waals surface area (Å²) in [5, 5.41) is 5.22. The molecule has 0 atom stereocenters. The molecule has 1 N–H and O–H groups in total. The fraction of sp³-hybridized carbons (Fsp3) is 0.292. The van der Waals surface area contributed by atoms with Gasteiger partial charge in [-0.15, -0.1) is 0 Å². The molecule has 7 heteroatoms. The highest BCUT2D eigenvalue weighted by Gasteiger charge is 2.12. The van der Waals surface area contributed by atoms with Gasteiger partial charge in [0.2, 0.25) is 0 Å². The second-order valence-electron chi connectivity index (χ2n) is 7.26. The molecule has 0 unspecified atom stereocenters. The van der Waals surface area contributed by atoms with Crippen LogP contribution < -0.4 is 14.8 Å². The van der Waals surface area contributed by atoms with Crippen LogP contribution in [0.3, 0.4) is 0 Å². The van der Waals surface area contributed by atoms with Crippen LogP contribution in [0.1, 0.15) is 32.1 Å². The van der Waals surface area contributed by atoms with Gasteiger partial charge in [-0.25, -0.2) is 9.97 Å². The summed E-state index contributed by atoms with van der Waals surface area (Å²) in [7, 11) is 1.62. The summed E-state index contributed by atoms with van der Waals surface area (Å²) >= 11 is 0. The normalized spacial score (nSPS) is 11.0. The number of hydrogen-bond acceptors (Lipinski definition) is 7. The van der Waals surface area contributed by atoms with Crippen molar-refractivity contribution < 1.29 is 18.7 Å². The van der Waals surface area contributed by atoms with E-state index in [4.69, 9.17) is 13.9 Å². The molecule has 160 valence electrons. The van der Waals surface area contributed by atoms with Gasteiger partial charge in [0.25, 0.3) is 0 Å². The highest BCUT2D eigenvalue weighted by Crippen LogP contribution is 2.35. The van der Waals surface area contributed by atoms with Gasteiger partial charge in [0.1, 0.15) is 24.0 Å². The SMILES string of the molecule is COc1cc2c(Nc3ccc4occc4c3)ncnc2cc1OCCCCCCC=O. The molecular weight excluding hydrogens is 394 g/mol. The maximum Gasteiger partial charge on any atom is 0.163 e. The number of methoxy groups -OCH3 is 1. The number of carbonyl (C=O) groups excluding carboxylic acids is 1. The molecule has 0 amide bonds. The van der Waals surface area contributed by atoms with E-state index in [1.54, 1.807) is 13.4 Å². The van der Waals surface area contributed by atoms with Crippen molar-refractivity contribution in [3.8, 4) is 11.5 Å². The average molecular weight is 419 g/mol. The number of hydrogen-bond donors (Lipinski definition) is 1. The molecule has 4 rings (SSSR count). The van der Waals surface area contributed by atoms with Gasteiger partial charge in [0.15, 0.2) is 11.5 Å². The number of nitrogens with one attached hydrogen (secondary N) is 1. The van der Waals surface area contributed by atoms with E-state index >= 15 is 0 Å². The van der Waals surface area contributed by atoms with E-state index < -0.39 is 0 Å². The van der Waals surface area contributed by atoms with Gasteiger partial charge in [0.05, 0.1) is 25.5 Å². The largest absolute Gasteiger partial charge is 0.493 e. The zero-order valence-corrected chi connectivity index (χ0v) is 17.5. The minimum Gasteiger partial charge on any atom is -0.493 e. The number of rotatable bonds is 11. The molecule has 0 bridgehead atoms. The summed E-state index contributed by atoms with van der Waals surface area (Å²) in [6.07, 6.45) is 8.72. The lowest BCUT2D eigenvalue weighted by Gasteiger charge is -2.14. The molecule has 0 aliphatic carbocycles. The number of carbonyl (C=O) groups is 1. The lowest BCUT2D eigenvalue weighted by molar-refractivity contribution is -0.107. The number of anilines is 2. The highest BCUT2D eigenvalue weighted by molar-refractivity contribution is 5.93. The van der Waals surface area contributed by atoms with Gasteiger partial charge in [-0.05, 0) is 43.2 Å². The van der Waals surface area contributed by atoms with E-state index in [0.717, 1.165) is 59.5 Å². The van der Waals surface area contributed by atoms with Gasteiger partial charge < -0.3 is 24.0 Å². The zero-order valence-electron chi connectivity index (χ0n) is 17.5. The first-order chi connectivity index (χ1) is 15.3. The second-order valence-corrected chi connectivity index (χ2v) is 7.26. The Labute approximate surface area is 180 Å². The van der Waals surface area contributed by atoms with Crippen molar-refractivity contribution in [1.82, 2.24) is 9.97 Å². The quantitative estimate of drug-likeness (QED) is 0.248. The Kier molecular flexibility index (Phi) is 6.62. The lowest BCUT2D eigenvalue weighted by atomic mass is 10.1. The molecule has 0 aliphatic heterocycles. The van der Waals surface area contributed by atoms with Crippen LogP contribution in [0.5, 0.6) is 11.5 Å². The third kappa shape index (κ3) is 4.94. The number of fused-ring (bicyclic) bond motifs is 2. The molecule has 4 aromatic rings. The number of aromatic nitrogens is 2. The van der Waals surface area contributed by atoms with Crippen molar-refractivity contribution in [3.63, 3.8) is 0 Å². The van der Waals surface area contributed by atoms with Crippen LogP contribution in [0.2, 0.25) is 0 Å². The van der Waals surface area contributed by atoms with Crippen LogP contribution in [0.15, 0.2) is 53.4 Å². The van der Waals surface area contributed by atoms with E-state index in [-0.39, 0.29) is 0 Å². The van der Waals surface area contributed by atoms with Crippen LogP contribution in [0.4, 0.5) is 11.5 Å². The summed E-state index contributed by atoms with van der Waals surface area (Å²) in [5.74, 6) is 1.98. The summed E-state index contributed by atoms with van der Waals surface area (Å²) in [6.45, 7) is 0.587. The van der Waals surface area contributed by atoms with Crippen LogP contribution in [-0.4, -0.2) is 30.0 Å². The van der Waals surface area contributed by atoms with Crippen LogP contribution >= 0.6 is 0 Å². The van der Waals surface area contributed by atoms with Crippen LogP contribution in [0.25, 0.3) is 21.9 Å². The molecule has 2 aromatic heterocycles. The number of furan rings is 1. The molecule has 0 saturated carbocycles. The molecule has 2 aromatic carbocycles. The number of ether oxygens (including phenoxy) is 2. The van der Waals surface area contributed by atoms with Gasteiger partial charge in [-0.1, -0.05) is 12.8 Å². The fourth-order valence-corrected chi connectivity index (χ4v) is 3.48. The third-order valence-corrected chi connectivity index (χ3v) is 5.11. The monoisotopic (exact) mass is 419 g/mol. The number of benzene rings is 2. The number of nitrogens with zero attached hydrogens (tertiary/aromatic N) is 2. The summed E-state index contributed by atoms with van der Waals surface area (Å²) in [4.78, 5) is 19.2. The van der Waals surface area contributed by atoms with E-state index in [0.29, 0.717) is 30.3 Å². The Hall–Kier alpha value is -3.61. The van der Waals surface area contributed by atoms with Crippen molar-refractivity contribution in [2.24, 2.45) is 0 Å². The summed E-state index contributed by atoms with van der Waals surface area (Å²) < 4.78 is 16.9. The van der Waals surface area contributed by atoms with Gasteiger partial charge in [-0.3, -0.25) is 0 Å². The van der Waals surface area contributed by atoms with E-state index in [1.807, 2.05) is 36.4 Å². The molecule has 0 saturated heterocycles. The number of unbranched alkanes of at least 4 members (excludes halogenated alkanes) is 4. The molecule has 0 aliphatic rings. The molecule has 7 nitrogen and oxygen atoms in total. The second kappa shape index (κ2) is 9.93. The van der Waals surface area contributed by atoms with E-state index in [1.165, 1.54) is 6.33 Å². The maximum absolute atomic E-state index is 10.4. The maximum atomic E-state index is 10.4. The summed E-state index contributed by atoms with van der Waals surface area (Å²) in [5.41, 5.74) is 2.51. The minimum absolute atomic E-state index is 0.587. The van der Waals surface area contributed by atoms with Crippen molar-refractivity contribution in [3.05, 3.63) is 49.0 Å². The standard InChI is InChI=1S/C24H25N3O4/c1-29-22-14-19-20(15-23(22)30-11-6-4-2-3-5-10-28)25-16-26-24(19)27-18-7-8-21-17(13-18)9-12-31-21/h7-10,12-16H,2-6,11H2,1H3,(H,25,26,27). The Morgan fingerprint density at radius 3 is 2.81 bits per heavy atom. The van der Waals surface area contributed by atoms with Crippen molar-refractivity contribution in [1.29, 1.82) is 0 Å². The average Bonchev–Trinajstić information content (AvgIpc) is 3.26. The van der Waals surface area contributed by atoms with Crippen molar-refractivity contribution >= 4 is 39.7 Å². The van der Waals surface area contributed by atoms with Gasteiger partial charge in [-0.2, -0.15) is 0 Å². The van der Waals surface area contributed by atoms with Gasteiger partial charge in [0, 0.05) is 28.9 Å². The van der Waals surface area contributed by atoms with Crippen LogP contribution in [0, 0.1) is 0 Å².